The average Bonchev–Trinajstić information content (AvgIpc) is 3.38. The lowest BCUT2D eigenvalue weighted by Crippen LogP contribution is -2.60. The molecule has 0 aliphatic carbocycles. The van der Waals surface area contributed by atoms with E-state index in [0.717, 1.165) is 38.5 Å². The second-order valence-electron chi connectivity index (χ2n) is 22.1. The summed E-state index contributed by atoms with van der Waals surface area (Å²) in [5, 5.41) is 76.0. The Morgan fingerprint density at radius 2 is 0.819 bits per heavy atom. The summed E-state index contributed by atoms with van der Waals surface area (Å²) < 4.78 is 11.1. The van der Waals surface area contributed by atoms with Crippen molar-refractivity contribution in [2.45, 2.75) is 358 Å². The van der Waals surface area contributed by atoms with Gasteiger partial charge in [0, 0.05) is 0 Å². The van der Waals surface area contributed by atoms with E-state index in [1.165, 1.54) is 225 Å². The maximum absolute atomic E-state index is 13.2. The van der Waals surface area contributed by atoms with Gasteiger partial charge in [-0.1, -0.05) is 276 Å². The fourth-order valence-corrected chi connectivity index (χ4v) is 10.3. The van der Waals surface area contributed by atoms with E-state index in [4.69, 9.17) is 9.47 Å². The van der Waals surface area contributed by atoms with E-state index >= 15 is 0 Å². The Labute approximate surface area is 442 Å². The van der Waals surface area contributed by atoms with E-state index in [1.54, 1.807) is 0 Å². The summed E-state index contributed by atoms with van der Waals surface area (Å²) in [4.78, 5) is 13.2. The maximum atomic E-state index is 13.2. The highest BCUT2D eigenvalue weighted by molar-refractivity contribution is 5.80. The average molecular weight is 1030 g/mol. The molecule has 0 saturated carbocycles. The molecular weight excluding hydrogens is 907 g/mol. The van der Waals surface area contributed by atoms with Crippen LogP contribution in [0.1, 0.15) is 303 Å². The molecule has 11 nitrogen and oxygen atoms in total. The molecule has 1 heterocycles. The van der Waals surface area contributed by atoms with Crippen molar-refractivity contribution < 1.29 is 50.0 Å². The Morgan fingerprint density at radius 3 is 1.19 bits per heavy atom. The highest BCUT2D eigenvalue weighted by atomic mass is 16.7. The van der Waals surface area contributed by atoms with E-state index in [-0.39, 0.29) is 12.8 Å². The van der Waals surface area contributed by atoms with Crippen LogP contribution in [-0.2, 0) is 14.3 Å². The van der Waals surface area contributed by atoms with E-state index in [0.29, 0.717) is 12.8 Å². The number of ether oxygens (including phenoxy) is 2. The summed E-state index contributed by atoms with van der Waals surface area (Å²) in [7, 11) is 0. The van der Waals surface area contributed by atoms with Gasteiger partial charge in [0.1, 0.15) is 36.6 Å². The van der Waals surface area contributed by atoms with Crippen molar-refractivity contribution in [2.75, 3.05) is 13.2 Å². The van der Waals surface area contributed by atoms with Gasteiger partial charge in [-0.2, -0.15) is 0 Å². The summed E-state index contributed by atoms with van der Waals surface area (Å²) in [6, 6.07) is -1.18. The molecule has 9 atom stereocenters. The number of hydrogen-bond acceptors (Lipinski definition) is 10. The van der Waals surface area contributed by atoms with Crippen LogP contribution >= 0.6 is 0 Å². The van der Waals surface area contributed by atoms with Crippen molar-refractivity contribution in [3.05, 3.63) is 12.2 Å². The first-order chi connectivity index (χ1) is 35.2. The summed E-state index contributed by atoms with van der Waals surface area (Å²) in [5.74, 6) is -0.701. The van der Waals surface area contributed by atoms with E-state index in [1.807, 2.05) is 0 Å². The number of amides is 1. The Balaban J connectivity index is 2.17. The summed E-state index contributed by atoms with van der Waals surface area (Å²) in [5.41, 5.74) is 0. The van der Waals surface area contributed by atoms with Crippen molar-refractivity contribution >= 4 is 5.91 Å². The van der Waals surface area contributed by atoms with Gasteiger partial charge >= 0.3 is 0 Å². The topological polar surface area (TPSA) is 189 Å². The minimum atomic E-state index is -1.66. The van der Waals surface area contributed by atoms with Crippen LogP contribution in [0.4, 0.5) is 0 Å². The second kappa shape index (κ2) is 50.7. The minimum Gasteiger partial charge on any atom is -0.394 e. The molecule has 1 aliphatic rings. The van der Waals surface area contributed by atoms with E-state index in [9.17, 15) is 40.5 Å². The third kappa shape index (κ3) is 38.4. The van der Waals surface area contributed by atoms with Crippen molar-refractivity contribution in [1.82, 2.24) is 5.32 Å². The molecule has 1 fully saturated rings. The standard InChI is InChI=1S/C61H119NO10/c1-3-5-7-9-11-13-15-17-18-19-20-21-22-23-24-25-26-27-28-29-30-31-32-33-34-35-37-39-41-43-45-47-49-54(65)60(70)62-52(51-71-61-59(69)58(68)57(67)55(50-63)72-61)56(66)53(64)48-46-44-42-40-38-36-16-14-12-10-8-6-4-2/h40,42,52-59,61,63-69H,3-39,41,43-51H2,1-2H3,(H,62,70)/b42-40+. The molecule has 9 unspecified atom stereocenters. The van der Waals surface area contributed by atoms with Crippen LogP contribution in [0.5, 0.6) is 0 Å². The zero-order chi connectivity index (χ0) is 52.5. The van der Waals surface area contributed by atoms with Crippen LogP contribution in [0.2, 0.25) is 0 Å². The zero-order valence-electron chi connectivity index (χ0n) is 46.9. The molecule has 1 aliphatic heterocycles. The van der Waals surface area contributed by atoms with Crippen LogP contribution in [0, 0.1) is 0 Å². The highest BCUT2D eigenvalue weighted by Crippen LogP contribution is 2.24. The molecular formula is C61H119NO10. The maximum Gasteiger partial charge on any atom is 0.249 e. The first-order valence-corrected chi connectivity index (χ1v) is 31.1. The fraction of sp³-hybridized carbons (Fsp3) is 0.951. The number of aliphatic hydroxyl groups excluding tert-OH is 7. The summed E-state index contributed by atoms with van der Waals surface area (Å²) >= 11 is 0. The highest BCUT2D eigenvalue weighted by Gasteiger charge is 2.44. The van der Waals surface area contributed by atoms with Crippen molar-refractivity contribution in [3.8, 4) is 0 Å². The van der Waals surface area contributed by atoms with Gasteiger partial charge in [-0.05, 0) is 38.5 Å². The molecule has 0 radical (unpaired) electrons. The molecule has 11 heteroatoms. The number of hydrogen-bond donors (Lipinski definition) is 8. The van der Waals surface area contributed by atoms with Gasteiger partial charge in [0.25, 0.3) is 0 Å². The second-order valence-corrected chi connectivity index (χ2v) is 22.1. The molecule has 72 heavy (non-hydrogen) atoms. The van der Waals surface area contributed by atoms with Gasteiger partial charge in [0.15, 0.2) is 6.29 Å². The molecule has 0 aromatic carbocycles. The van der Waals surface area contributed by atoms with Crippen LogP contribution in [0.25, 0.3) is 0 Å². The molecule has 0 bridgehead atoms. The monoisotopic (exact) mass is 1030 g/mol. The third-order valence-corrected chi connectivity index (χ3v) is 15.3. The number of carbonyl (C=O) groups is 1. The van der Waals surface area contributed by atoms with Crippen molar-refractivity contribution in [1.29, 1.82) is 0 Å². The number of aliphatic hydroxyl groups is 7. The Morgan fingerprint density at radius 1 is 0.472 bits per heavy atom. The normalized spacial score (nSPS) is 20.0. The van der Waals surface area contributed by atoms with Crippen molar-refractivity contribution in [2.24, 2.45) is 0 Å². The van der Waals surface area contributed by atoms with Gasteiger partial charge in [-0.25, -0.2) is 0 Å². The lowest BCUT2D eigenvalue weighted by atomic mass is 9.98. The predicted octanol–water partition coefficient (Wildman–Crippen LogP) is 13.5. The first-order valence-electron chi connectivity index (χ1n) is 31.1. The number of allylic oxidation sites excluding steroid dienone is 2. The molecule has 0 aromatic rings. The summed E-state index contributed by atoms with van der Waals surface area (Å²) in [6.45, 7) is 3.46. The van der Waals surface area contributed by atoms with Crippen molar-refractivity contribution in [3.63, 3.8) is 0 Å². The van der Waals surface area contributed by atoms with Crippen LogP contribution in [0.15, 0.2) is 12.2 Å². The minimum absolute atomic E-state index is 0.260. The number of carbonyl (C=O) groups excluding carboxylic acids is 1. The van der Waals surface area contributed by atoms with Crippen LogP contribution < -0.4 is 5.32 Å². The number of unbranched alkanes of at least 4 members (excludes halogenated alkanes) is 40. The molecule has 428 valence electrons. The molecule has 8 N–H and O–H groups in total. The van der Waals surface area contributed by atoms with Crippen LogP contribution in [0.3, 0.4) is 0 Å². The number of rotatable bonds is 54. The molecule has 1 amide bonds. The Kier molecular flexibility index (Phi) is 48.4. The van der Waals surface area contributed by atoms with E-state index in [2.05, 4.69) is 31.3 Å². The zero-order valence-corrected chi connectivity index (χ0v) is 46.9. The SMILES string of the molecule is CCCCCCCCCC/C=C/CCCC(O)C(O)C(COC1OC(CO)C(O)C(O)C1O)NC(=O)C(O)CCCCCCCCCCCCCCCCCCCCCCCCCCCCCCCCCC. The van der Waals surface area contributed by atoms with Gasteiger partial charge in [-0.15, -0.1) is 0 Å². The quantitative estimate of drug-likeness (QED) is 0.0215. The van der Waals surface area contributed by atoms with Gasteiger partial charge in [0.05, 0.1) is 25.4 Å². The largest absolute Gasteiger partial charge is 0.394 e. The van der Waals surface area contributed by atoms with Crippen LogP contribution in [-0.4, -0.2) is 110 Å². The van der Waals surface area contributed by atoms with Gasteiger partial charge < -0.3 is 50.5 Å². The molecule has 0 aromatic heterocycles. The molecule has 0 spiro atoms. The lowest BCUT2D eigenvalue weighted by molar-refractivity contribution is -0.303. The fourth-order valence-electron chi connectivity index (χ4n) is 10.3. The first kappa shape index (κ1) is 68.9. The predicted molar refractivity (Wildman–Crippen MR) is 298 cm³/mol. The van der Waals surface area contributed by atoms with E-state index < -0.39 is 74.2 Å². The lowest BCUT2D eigenvalue weighted by Gasteiger charge is -2.40. The number of nitrogens with one attached hydrogen (secondary N) is 1. The summed E-state index contributed by atoms with van der Waals surface area (Å²) in [6.07, 6.45) is 48.8. The smallest absolute Gasteiger partial charge is 0.249 e. The third-order valence-electron chi connectivity index (χ3n) is 15.3. The van der Waals surface area contributed by atoms with Gasteiger partial charge in [-0.3, -0.25) is 4.79 Å². The van der Waals surface area contributed by atoms with Gasteiger partial charge in [0.2, 0.25) is 5.91 Å². The Bertz CT molecular complexity index is 1180. The Hall–Kier alpha value is -1.15. The molecule has 1 saturated heterocycles. The molecule has 1 rings (SSSR count).